The van der Waals surface area contributed by atoms with Crippen LogP contribution in [0.4, 0.5) is 4.39 Å². The van der Waals surface area contributed by atoms with Crippen LogP contribution < -0.4 is 10.5 Å². The highest BCUT2D eigenvalue weighted by atomic mass is 19.1. The molecule has 1 rings (SSSR count). The number of nitrogens with two attached hydrogens (primary N) is 1. The Morgan fingerprint density at radius 2 is 2.16 bits per heavy atom. The van der Waals surface area contributed by atoms with Gasteiger partial charge in [-0.25, -0.2) is 4.39 Å². The maximum atomic E-state index is 13.3. The molecule has 0 bridgehead atoms. The molecule has 0 aliphatic rings. The predicted octanol–water partition coefficient (Wildman–Crippen LogP) is 3.07. The molecule has 19 heavy (non-hydrogen) atoms. The number of oxime groups is 1. The number of ether oxygens (including phenoxy) is 1. The highest BCUT2D eigenvalue weighted by molar-refractivity contribution is 5.85. The summed E-state index contributed by atoms with van der Waals surface area (Å²) >= 11 is 0. The minimum Gasteiger partial charge on any atom is -0.493 e. The molecule has 0 aromatic heterocycles. The van der Waals surface area contributed by atoms with Gasteiger partial charge >= 0.3 is 0 Å². The van der Waals surface area contributed by atoms with Gasteiger partial charge in [-0.1, -0.05) is 25.1 Å². The van der Waals surface area contributed by atoms with E-state index < -0.39 is 0 Å². The lowest BCUT2D eigenvalue weighted by Gasteiger charge is -2.22. The van der Waals surface area contributed by atoms with Crippen molar-refractivity contribution in [2.24, 2.45) is 16.3 Å². The lowest BCUT2D eigenvalue weighted by molar-refractivity contribution is 0.276. The minimum absolute atomic E-state index is 0.203. The molecule has 106 valence electrons. The fourth-order valence-electron chi connectivity index (χ4n) is 1.63. The first-order valence-electron chi connectivity index (χ1n) is 6.24. The number of halogens is 1. The summed E-state index contributed by atoms with van der Waals surface area (Å²) in [7, 11) is 0. The third kappa shape index (κ3) is 4.43. The summed E-state index contributed by atoms with van der Waals surface area (Å²) in [6, 6.07) is 4.81. The molecule has 3 N–H and O–H groups in total. The lowest BCUT2D eigenvalue weighted by atomic mass is 9.87. The van der Waals surface area contributed by atoms with E-state index in [1.165, 1.54) is 6.07 Å². The van der Waals surface area contributed by atoms with Crippen molar-refractivity contribution in [1.82, 2.24) is 0 Å². The average molecular weight is 268 g/mol. The highest BCUT2D eigenvalue weighted by Crippen LogP contribution is 2.23. The summed E-state index contributed by atoms with van der Waals surface area (Å²) in [4.78, 5) is 0. The SMILES string of the molecule is Cc1ccc(OCCCC(C)(C)/C(N)=N/O)cc1F. The van der Waals surface area contributed by atoms with Crippen LogP contribution in [0.3, 0.4) is 0 Å². The third-order valence-electron chi connectivity index (χ3n) is 3.16. The Morgan fingerprint density at radius 1 is 1.47 bits per heavy atom. The largest absolute Gasteiger partial charge is 0.493 e. The maximum absolute atomic E-state index is 13.3. The van der Waals surface area contributed by atoms with E-state index in [0.29, 0.717) is 17.9 Å². The summed E-state index contributed by atoms with van der Waals surface area (Å²) in [6.07, 6.45) is 1.45. The average Bonchev–Trinajstić information content (AvgIpc) is 2.37. The predicted molar refractivity (Wildman–Crippen MR) is 73.1 cm³/mol. The molecule has 1 aromatic carbocycles. The van der Waals surface area contributed by atoms with Gasteiger partial charge in [-0.3, -0.25) is 0 Å². The Morgan fingerprint density at radius 3 is 2.74 bits per heavy atom. The van der Waals surface area contributed by atoms with Crippen molar-refractivity contribution in [2.75, 3.05) is 6.61 Å². The minimum atomic E-state index is -0.378. The maximum Gasteiger partial charge on any atom is 0.144 e. The van der Waals surface area contributed by atoms with Crippen LogP contribution in [0, 0.1) is 18.2 Å². The van der Waals surface area contributed by atoms with E-state index >= 15 is 0 Å². The molecule has 0 aliphatic heterocycles. The summed E-state index contributed by atoms with van der Waals surface area (Å²) in [5.41, 5.74) is 5.81. The Balaban J connectivity index is 2.41. The van der Waals surface area contributed by atoms with Crippen molar-refractivity contribution in [3.8, 4) is 5.75 Å². The molecule has 5 heteroatoms. The van der Waals surface area contributed by atoms with Gasteiger partial charge in [0, 0.05) is 11.5 Å². The molecule has 0 atom stereocenters. The molecule has 0 aliphatic carbocycles. The van der Waals surface area contributed by atoms with Crippen molar-refractivity contribution in [1.29, 1.82) is 0 Å². The zero-order chi connectivity index (χ0) is 14.5. The second kappa shape index (κ2) is 6.41. The van der Waals surface area contributed by atoms with Gasteiger partial charge in [-0.2, -0.15) is 0 Å². The quantitative estimate of drug-likeness (QED) is 0.274. The van der Waals surface area contributed by atoms with Crippen molar-refractivity contribution in [3.05, 3.63) is 29.6 Å². The van der Waals surface area contributed by atoms with Crippen LogP contribution in [0.1, 0.15) is 32.3 Å². The zero-order valence-corrected chi connectivity index (χ0v) is 11.6. The summed E-state index contributed by atoms with van der Waals surface area (Å²) in [5, 5.41) is 11.7. The van der Waals surface area contributed by atoms with Crippen molar-refractivity contribution >= 4 is 5.84 Å². The summed E-state index contributed by atoms with van der Waals surface area (Å²) in [6.45, 7) is 5.96. The molecule has 0 heterocycles. The van der Waals surface area contributed by atoms with E-state index in [1.54, 1.807) is 19.1 Å². The molecule has 4 nitrogen and oxygen atoms in total. The van der Waals surface area contributed by atoms with E-state index in [0.717, 1.165) is 12.8 Å². The fraction of sp³-hybridized carbons (Fsp3) is 0.500. The topological polar surface area (TPSA) is 67.8 Å². The van der Waals surface area contributed by atoms with Crippen LogP contribution in [0.5, 0.6) is 5.75 Å². The number of amidine groups is 1. The number of benzene rings is 1. The number of nitrogens with zero attached hydrogens (tertiary/aromatic N) is 1. The van der Waals surface area contributed by atoms with Gasteiger partial charge in [0.25, 0.3) is 0 Å². The van der Waals surface area contributed by atoms with E-state index in [2.05, 4.69) is 5.16 Å². The standard InChI is InChI=1S/C14H21FN2O2/c1-10-5-6-11(9-12(10)15)19-8-4-7-14(2,3)13(16)17-18/h5-6,9,18H,4,7-8H2,1-3H3,(H2,16,17). The van der Waals surface area contributed by atoms with Crippen LogP contribution >= 0.6 is 0 Å². The molecule has 0 saturated heterocycles. The molecular formula is C14H21FN2O2. The van der Waals surface area contributed by atoms with Crippen molar-refractivity contribution in [2.45, 2.75) is 33.6 Å². The number of aryl methyl sites for hydroxylation is 1. The van der Waals surface area contributed by atoms with E-state index in [9.17, 15) is 4.39 Å². The zero-order valence-electron chi connectivity index (χ0n) is 11.6. The van der Waals surface area contributed by atoms with E-state index in [1.807, 2.05) is 13.8 Å². The van der Waals surface area contributed by atoms with Gasteiger partial charge in [0.15, 0.2) is 0 Å². The van der Waals surface area contributed by atoms with Gasteiger partial charge in [0.05, 0.1) is 6.61 Å². The van der Waals surface area contributed by atoms with Crippen LogP contribution in [-0.2, 0) is 0 Å². The second-order valence-electron chi connectivity index (χ2n) is 5.23. The number of hydrogen-bond donors (Lipinski definition) is 2. The second-order valence-corrected chi connectivity index (χ2v) is 5.23. The van der Waals surface area contributed by atoms with Gasteiger partial charge in [0.1, 0.15) is 17.4 Å². The molecule has 0 spiro atoms. The normalized spacial score (nSPS) is 12.5. The molecule has 0 fully saturated rings. The monoisotopic (exact) mass is 268 g/mol. The third-order valence-corrected chi connectivity index (χ3v) is 3.16. The van der Waals surface area contributed by atoms with Crippen molar-refractivity contribution in [3.63, 3.8) is 0 Å². The number of rotatable bonds is 6. The molecule has 1 aromatic rings. The number of hydrogen-bond acceptors (Lipinski definition) is 3. The van der Waals surface area contributed by atoms with Crippen LogP contribution in [-0.4, -0.2) is 17.6 Å². The Bertz CT molecular complexity index is 459. The van der Waals surface area contributed by atoms with Crippen LogP contribution in [0.15, 0.2) is 23.4 Å². The molecule has 0 unspecified atom stereocenters. The van der Waals surface area contributed by atoms with Gasteiger partial charge < -0.3 is 15.7 Å². The van der Waals surface area contributed by atoms with Crippen LogP contribution in [0.25, 0.3) is 0 Å². The Labute approximate surface area is 113 Å². The van der Waals surface area contributed by atoms with E-state index in [-0.39, 0.29) is 17.1 Å². The van der Waals surface area contributed by atoms with Gasteiger partial charge in [0.2, 0.25) is 0 Å². The smallest absolute Gasteiger partial charge is 0.144 e. The van der Waals surface area contributed by atoms with Crippen LogP contribution in [0.2, 0.25) is 0 Å². The van der Waals surface area contributed by atoms with Gasteiger partial charge in [-0.05, 0) is 31.4 Å². The van der Waals surface area contributed by atoms with Gasteiger partial charge in [-0.15, -0.1) is 0 Å². The summed E-state index contributed by atoms with van der Waals surface area (Å²) < 4.78 is 18.8. The van der Waals surface area contributed by atoms with E-state index in [4.69, 9.17) is 15.7 Å². The molecule has 0 radical (unpaired) electrons. The molecule has 0 amide bonds. The Hall–Kier alpha value is -1.78. The molecular weight excluding hydrogens is 247 g/mol. The fourth-order valence-corrected chi connectivity index (χ4v) is 1.63. The first-order valence-corrected chi connectivity index (χ1v) is 6.24. The first-order chi connectivity index (χ1) is 8.86. The Kier molecular flexibility index (Phi) is 5.15. The lowest BCUT2D eigenvalue weighted by Crippen LogP contribution is -2.32. The molecule has 0 saturated carbocycles. The highest BCUT2D eigenvalue weighted by Gasteiger charge is 2.22. The first kappa shape index (κ1) is 15.3. The summed E-state index contributed by atoms with van der Waals surface area (Å²) in [5.74, 6) is 0.452. The van der Waals surface area contributed by atoms with Crippen molar-refractivity contribution < 1.29 is 14.3 Å².